The van der Waals surface area contributed by atoms with Gasteiger partial charge < -0.3 is 19.5 Å². The summed E-state index contributed by atoms with van der Waals surface area (Å²) < 4.78 is 9.69. The van der Waals surface area contributed by atoms with E-state index in [2.05, 4.69) is 10.5 Å². The molecule has 0 saturated heterocycles. The monoisotopic (exact) mass is 255 g/mol. The minimum atomic E-state index is -0.572. The topological polar surface area (TPSA) is 84.7 Å². The number of carbonyl (C=O) groups excluding carboxylic acids is 2. The van der Waals surface area contributed by atoms with Gasteiger partial charge >= 0.3 is 0 Å². The van der Waals surface area contributed by atoms with Gasteiger partial charge in [0.05, 0.1) is 6.54 Å². The quantitative estimate of drug-likeness (QED) is 0.824. The van der Waals surface area contributed by atoms with E-state index in [4.69, 9.17) is 9.26 Å². The maximum atomic E-state index is 11.7. The Morgan fingerprint density at radius 3 is 2.78 bits per heavy atom. The molecule has 0 spiro atoms. The van der Waals surface area contributed by atoms with Crippen LogP contribution in [0.5, 0.6) is 0 Å². The summed E-state index contributed by atoms with van der Waals surface area (Å²) >= 11 is 0. The van der Waals surface area contributed by atoms with E-state index >= 15 is 0 Å². The first kappa shape index (κ1) is 14.2. The van der Waals surface area contributed by atoms with Gasteiger partial charge in [0.2, 0.25) is 5.91 Å². The first-order valence-corrected chi connectivity index (χ1v) is 5.45. The lowest BCUT2D eigenvalue weighted by Crippen LogP contribution is -2.40. The number of nitrogens with one attached hydrogen (secondary N) is 1. The fourth-order valence-corrected chi connectivity index (χ4v) is 1.31. The molecular formula is C11H17N3O4. The van der Waals surface area contributed by atoms with Gasteiger partial charge in [0.1, 0.15) is 11.9 Å². The minimum Gasteiger partial charge on any atom is -0.372 e. The van der Waals surface area contributed by atoms with Crippen LogP contribution < -0.4 is 5.32 Å². The zero-order valence-electron chi connectivity index (χ0n) is 10.9. The summed E-state index contributed by atoms with van der Waals surface area (Å²) in [6.45, 7) is 3.27. The molecule has 0 radical (unpaired) electrons. The van der Waals surface area contributed by atoms with E-state index in [0.29, 0.717) is 11.6 Å². The second-order valence-electron chi connectivity index (χ2n) is 3.94. The molecule has 1 N–H and O–H groups in total. The molecule has 1 aromatic heterocycles. The van der Waals surface area contributed by atoms with Crippen molar-refractivity contribution in [1.29, 1.82) is 0 Å². The van der Waals surface area contributed by atoms with Gasteiger partial charge in [-0.3, -0.25) is 9.59 Å². The number of hydrogen-bond acceptors (Lipinski definition) is 5. The van der Waals surface area contributed by atoms with Crippen molar-refractivity contribution in [3.63, 3.8) is 0 Å². The molecule has 1 heterocycles. The number of amides is 2. The second kappa shape index (κ2) is 6.15. The molecule has 0 aliphatic carbocycles. The van der Waals surface area contributed by atoms with Crippen LogP contribution >= 0.6 is 0 Å². The number of anilines is 1. The highest BCUT2D eigenvalue weighted by atomic mass is 16.5. The Hall–Kier alpha value is -1.89. The van der Waals surface area contributed by atoms with E-state index in [1.54, 1.807) is 19.9 Å². The molecule has 7 nitrogen and oxygen atoms in total. The van der Waals surface area contributed by atoms with E-state index < -0.39 is 6.10 Å². The van der Waals surface area contributed by atoms with E-state index in [9.17, 15) is 9.59 Å². The van der Waals surface area contributed by atoms with Gasteiger partial charge in [-0.15, -0.1) is 0 Å². The first-order chi connectivity index (χ1) is 8.43. The van der Waals surface area contributed by atoms with Crippen LogP contribution in [-0.2, 0) is 14.3 Å². The van der Waals surface area contributed by atoms with Gasteiger partial charge in [0.15, 0.2) is 5.82 Å². The third kappa shape index (κ3) is 3.85. The van der Waals surface area contributed by atoms with Crippen LogP contribution in [0.4, 0.5) is 5.82 Å². The van der Waals surface area contributed by atoms with Crippen molar-refractivity contribution >= 4 is 17.6 Å². The maximum absolute atomic E-state index is 11.7. The SMILES string of the molecule is COC(C)C(=O)N(C)CC(=O)Nc1cc(C)on1. The molecule has 0 fully saturated rings. The van der Waals surface area contributed by atoms with Crippen LogP contribution in [0.3, 0.4) is 0 Å². The third-order valence-electron chi connectivity index (χ3n) is 2.35. The Kier molecular flexibility index (Phi) is 4.85. The molecule has 7 heteroatoms. The van der Waals surface area contributed by atoms with Crippen LogP contribution in [-0.4, -0.2) is 48.7 Å². The molecule has 0 saturated carbocycles. The largest absolute Gasteiger partial charge is 0.372 e. The molecule has 0 aromatic carbocycles. The predicted octanol–water partition coefficient (Wildman–Crippen LogP) is 0.415. The Labute approximate surface area is 105 Å². The average Bonchev–Trinajstić information content (AvgIpc) is 2.72. The summed E-state index contributed by atoms with van der Waals surface area (Å²) in [5.41, 5.74) is 0. The van der Waals surface area contributed by atoms with Crippen LogP contribution in [0.15, 0.2) is 10.6 Å². The Balaban J connectivity index is 2.47. The number of aryl methyl sites for hydroxylation is 1. The van der Waals surface area contributed by atoms with Crippen molar-refractivity contribution < 1.29 is 18.8 Å². The zero-order valence-corrected chi connectivity index (χ0v) is 10.9. The number of likely N-dealkylation sites (N-methyl/N-ethyl adjacent to an activating group) is 1. The van der Waals surface area contributed by atoms with Crippen molar-refractivity contribution in [3.8, 4) is 0 Å². The van der Waals surface area contributed by atoms with Gasteiger partial charge in [0.25, 0.3) is 5.91 Å². The van der Waals surface area contributed by atoms with E-state index in [1.807, 2.05) is 0 Å². The number of ether oxygens (including phenoxy) is 1. The van der Waals surface area contributed by atoms with Crippen molar-refractivity contribution in [3.05, 3.63) is 11.8 Å². The summed E-state index contributed by atoms with van der Waals surface area (Å²) in [7, 11) is 2.97. The lowest BCUT2D eigenvalue weighted by Gasteiger charge is -2.19. The molecule has 18 heavy (non-hydrogen) atoms. The summed E-state index contributed by atoms with van der Waals surface area (Å²) in [6, 6.07) is 1.59. The van der Waals surface area contributed by atoms with Crippen molar-refractivity contribution in [1.82, 2.24) is 10.1 Å². The normalized spacial score (nSPS) is 12.0. The molecule has 0 bridgehead atoms. The van der Waals surface area contributed by atoms with E-state index in [1.165, 1.54) is 19.1 Å². The minimum absolute atomic E-state index is 0.0710. The van der Waals surface area contributed by atoms with Crippen molar-refractivity contribution in [2.75, 3.05) is 26.0 Å². The Bertz CT molecular complexity index is 430. The second-order valence-corrected chi connectivity index (χ2v) is 3.94. The molecular weight excluding hydrogens is 238 g/mol. The molecule has 2 amide bonds. The van der Waals surface area contributed by atoms with Crippen LogP contribution in [0, 0.1) is 6.92 Å². The van der Waals surface area contributed by atoms with Gasteiger partial charge in [-0.25, -0.2) is 0 Å². The molecule has 1 aromatic rings. The highest BCUT2D eigenvalue weighted by Crippen LogP contribution is 2.06. The lowest BCUT2D eigenvalue weighted by atomic mass is 10.3. The highest BCUT2D eigenvalue weighted by Gasteiger charge is 2.19. The van der Waals surface area contributed by atoms with Gasteiger partial charge in [0, 0.05) is 20.2 Å². The molecule has 100 valence electrons. The molecule has 0 aliphatic heterocycles. The fraction of sp³-hybridized carbons (Fsp3) is 0.545. The van der Waals surface area contributed by atoms with Gasteiger partial charge in [-0.05, 0) is 13.8 Å². The standard InChI is InChI=1S/C11H17N3O4/c1-7-5-9(13-18-7)12-10(15)6-14(3)11(16)8(2)17-4/h5,8H,6H2,1-4H3,(H,12,13,15). The van der Waals surface area contributed by atoms with Crippen LogP contribution in [0.2, 0.25) is 0 Å². The van der Waals surface area contributed by atoms with Crippen molar-refractivity contribution in [2.24, 2.45) is 0 Å². The van der Waals surface area contributed by atoms with Gasteiger partial charge in [-0.1, -0.05) is 5.16 Å². The van der Waals surface area contributed by atoms with Gasteiger partial charge in [-0.2, -0.15) is 0 Å². The summed E-state index contributed by atoms with van der Waals surface area (Å²) in [6.07, 6.45) is -0.572. The molecule has 1 atom stereocenters. The number of carbonyl (C=O) groups is 2. The first-order valence-electron chi connectivity index (χ1n) is 5.45. The molecule has 1 unspecified atom stereocenters. The molecule has 0 aliphatic rings. The molecule has 1 rings (SSSR count). The lowest BCUT2D eigenvalue weighted by molar-refractivity contribution is -0.141. The van der Waals surface area contributed by atoms with Crippen molar-refractivity contribution in [2.45, 2.75) is 20.0 Å². The highest BCUT2D eigenvalue weighted by molar-refractivity contribution is 5.94. The number of hydrogen-bond donors (Lipinski definition) is 1. The number of methoxy groups -OCH3 is 1. The zero-order chi connectivity index (χ0) is 13.7. The maximum Gasteiger partial charge on any atom is 0.251 e. The van der Waals surface area contributed by atoms with E-state index in [-0.39, 0.29) is 18.4 Å². The summed E-state index contributed by atoms with van der Waals surface area (Å²) in [4.78, 5) is 24.6. The Morgan fingerprint density at radius 2 is 2.28 bits per heavy atom. The fourth-order valence-electron chi connectivity index (χ4n) is 1.31. The third-order valence-corrected chi connectivity index (χ3v) is 2.35. The number of aromatic nitrogens is 1. The summed E-state index contributed by atoms with van der Waals surface area (Å²) in [5, 5.41) is 6.15. The summed E-state index contributed by atoms with van der Waals surface area (Å²) in [5.74, 6) is 0.326. The van der Waals surface area contributed by atoms with Crippen LogP contribution in [0.25, 0.3) is 0 Å². The predicted molar refractivity (Wildman–Crippen MR) is 64.0 cm³/mol. The number of nitrogens with zero attached hydrogens (tertiary/aromatic N) is 2. The smallest absolute Gasteiger partial charge is 0.251 e. The van der Waals surface area contributed by atoms with E-state index in [0.717, 1.165) is 0 Å². The number of rotatable bonds is 5. The Morgan fingerprint density at radius 1 is 1.61 bits per heavy atom. The van der Waals surface area contributed by atoms with Crippen LogP contribution in [0.1, 0.15) is 12.7 Å². The average molecular weight is 255 g/mol.